The lowest BCUT2D eigenvalue weighted by atomic mass is 10.5. The van der Waals surface area contributed by atoms with Crippen LogP contribution in [0.15, 0.2) is 0 Å². The van der Waals surface area contributed by atoms with E-state index in [1.807, 2.05) is 0 Å². The van der Waals surface area contributed by atoms with E-state index < -0.39 is 0 Å². The fourth-order valence-electron chi connectivity index (χ4n) is 0.637. The van der Waals surface area contributed by atoms with Crippen LogP contribution < -0.4 is 0 Å². The zero-order valence-corrected chi connectivity index (χ0v) is 5.05. The van der Waals surface area contributed by atoms with Gasteiger partial charge in [-0.25, -0.2) is 0 Å². The first-order chi connectivity index (χ1) is 2.93. The summed E-state index contributed by atoms with van der Waals surface area (Å²) in [7, 11) is 0.897. The third-order valence-electron chi connectivity index (χ3n) is 1.27. The van der Waals surface area contributed by atoms with Gasteiger partial charge < -0.3 is 0 Å². The molecule has 1 rings (SSSR count). The van der Waals surface area contributed by atoms with Gasteiger partial charge in [0.25, 0.3) is 0 Å². The molecule has 1 heterocycles. The van der Waals surface area contributed by atoms with Gasteiger partial charge in [-0.1, -0.05) is 0 Å². The number of hydrogen-bond acceptors (Lipinski definition) is 0. The maximum absolute atomic E-state index is 2.29. The molecule has 0 atom stereocenters. The number of hydrogen-bond donors (Lipinski definition) is 0. The topological polar surface area (TPSA) is 0 Å². The molecule has 0 spiro atoms. The van der Waals surface area contributed by atoms with Gasteiger partial charge in [0.15, 0.2) is 0 Å². The Hall–Kier alpha value is 0.350. The van der Waals surface area contributed by atoms with E-state index in [4.69, 9.17) is 0 Å². The van der Waals surface area contributed by atoms with Crippen molar-refractivity contribution in [3.63, 3.8) is 0 Å². The molecule has 0 aromatic rings. The average Bonchev–Trinajstić information content (AvgIpc) is 1.31. The SMILES string of the molecule is CC[S+]1CCC1. The van der Waals surface area contributed by atoms with Gasteiger partial charge in [0, 0.05) is 6.42 Å². The largest absolute Gasteiger partial charge is 0.112 e. The van der Waals surface area contributed by atoms with Gasteiger partial charge in [-0.2, -0.15) is 0 Å². The molecule has 0 bridgehead atoms. The molecule has 6 heavy (non-hydrogen) atoms. The first-order valence-corrected chi connectivity index (χ1v) is 4.31. The Labute approximate surface area is 42.3 Å². The molecule has 0 aromatic heterocycles. The highest BCUT2D eigenvalue weighted by Gasteiger charge is 2.24. The summed E-state index contributed by atoms with van der Waals surface area (Å²) in [4.78, 5) is 0. The highest BCUT2D eigenvalue weighted by Crippen LogP contribution is 2.11. The van der Waals surface area contributed by atoms with E-state index in [0.29, 0.717) is 0 Å². The fraction of sp³-hybridized carbons (Fsp3) is 1.00. The normalized spacial score (nSPS) is 23.5. The second-order valence-electron chi connectivity index (χ2n) is 1.66. The lowest BCUT2D eigenvalue weighted by Crippen LogP contribution is -2.25. The predicted octanol–water partition coefficient (Wildman–Crippen LogP) is 1.03. The molecule has 0 amide bonds. The standard InChI is InChI=1S/C5H11S/c1-2-6-4-3-5-6/h2-5H2,1H3/q+1. The summed E-state index contributed by atoms with van der Waals surface area (Å²) in [5.41, 5.74) is 0. The Bertz CT molecular complexity index is 36.4. The monoisotopic (exact) mass is 103 g/mol. The zero-order valence-electron chi connectivity index (χ0n) is 4.24. The second-order valence-corrected chi connectivity index (χ2v) is 4.28. The molecule has 0 radical (unpaired) electrons. The van der Waals surface area contributed by atoms with E-state index in [9.17, 15) is 0 Å². The van der Waals surface area contributed by atoms with E-state index >= 15 is 0 Å². The maximum Gasteiger partial charge on any atom is 0.112 e. The van der Waals surface area contributed by atoms with Crippen LogP contribution in [0.2, 0.25) is 0 Å². The Morgan fingerprint density at radius 3 is 2.17 bits per heavy atom. The summed E-state index contributed by atoms with van der Waals surface area (Å²) < 4.78 is 0. The minimum absolute atomic E-state index is 0.897. The average molecular weight is 103 g/mol. The lowest BCUT2D eigenvalue weighted by Gasteiger charge is -2.12. The molecule has 1 saturated heterocycles. The van der Waals surface area contributed by atoms with Gasteiger partial charge in [0.05, 0.1) is 0 Å². The highest BCUT2D eigenvalue weighted by atomic mass is 32.2. The third kappa shape index (κ3) is 0.700. The van der Waals surface area contributed by atoms with Crippen molar-refractivity contribution in [3.8, 4) is 0 Å². The molecular weight excluding hydrogens is 92.1 g/mol. The van der Waals surface area contributed by atoms with Gasteiger partial charge in [-0.15, -0.1) is 0 Å². The summed E-state index contributed by atoms with van der Waals surface area (Å²) in [6.07, 6.45) is 1.51. The summed E-state index contributed by atoms with van der Waals surface area (Å²) in [5.74, 6) is 4.52. The summed E-state index contributed by atoms with van der Waals surface area (Å²) in [6, 6.07) is 0. The maximum atomic E-state index is 2.29. The van der Waals surface area contributed by atoms with Crippen LogP contribution in [0.25, 0.3) is 0 Å². The van der Waals surface area contributed by atoms with Crippen molar-refractivity contribution in [1.29, 1.82) is 0 Å². The van der Waals surface area contributed by atoms with Crippen LogP contribution in [0.3, 0.4) is 0 Å². The van der Waals surface area contributed by atoms with Gasteiger partial charge in [0.2, 0.25) is 0 Å². The van der Waals surface area contributed by atoms with Crippen LogP contribution in [0.5, 0.6) is 0 Å². The van der Waals surface area contributed by atoms with Crippen LogP contribution in [0.1, 0.15) is 13.3 Å². The van der Waals surface area contributed by atoms with E-state index in [1.54, 1.807) is 0 Å². The quantitative estimate of drug-likeness (QED) is 0.435. The number of rotatable bonds is 1. The van der Waals surface area contributed by atoms with Crippen molar-refractivity contribution >= 4 is 10.9 Å². The van der Waals surface area contributed by atoms with Crippen molar-refractivity contribution < 1.29 is 0 Å². The molecule has 1 fully saturated rings. The lowest BCUT2D eigenvalue weighted by molar-refractivity contribution is 1.03. The molecular formula is C5H11S+. The first kappa shape index (κ1) is 4.51. The van der Waals surface area contributed by atoms with Gasteiger partial charge in [0.1, 0.15) is 17.3 Å². The Morgan fingerprint density at radius 2 is 2.17 bits per heavy atom. The highest BCUT2D eigenvalue weighted by molar-refractivity contribution is 7.98. The van der Waals surface area contributed by atoms with E-state index in [0.717, 1.165) is 10.9 Å². The zero-order chi connectivity index (χ0) is 4.41. The molecule has 0 unspecified atom stereocenters. The molecule has 1 heteroatoms. The molecule has 36 valence electrons. The minimum Gasteiger partial charge on any atom is -0.0198 e. The minimum atomic E-state index is 0.897. The Morgan fingerprint density at radius 1 is 1.50 bits per heavy atom. The molecule has 0 saturated carbocycles. The second kappa shape index (κ2) is 1.87. The van der Waals surface area contributed by atoms with E-state index in [-0.39, 0.29) is 0 Å². The Balaban J connectivity index is 2.01. The summed E-state index contributed by atoms with van der Waals surface area (Å²) >= 11 is 0. The van der Waals surface area contributed by atoms with Crippen LogP contribution in [0.4, 0.5) is 0 Å². The van der Waals surface area contributed by atoms with Crippen molar-refractivity contribution in [1.82, 2.24) is 0 Å². The van der Waals surface area contributed by atoms with Gasteiger partial charge in [-0.05, 0) is 17.8 Å². The summed E-state index contributed by atoms with van der Waals surface area (Å²) in [5, 5.41) is 0. The molecule has 1 aliphatic heterocycles. The Kier molecular flexibility index (Phi) is 1.41. The molecule has 0 aliphatic carbocycles. The third-order valence-corrected chi connectivity index (χ3v) is 3.82. The van der Waals surface area contributed by atoms with Crippen molar-refractivity contribution in [3.05, 3.63) is 0 Å². The van der Waals surface area contributed by atoms with Crippen molar-refractivity contribution in [2.75, 3.05) is 17.3 Å². The summed E-state index contributed by atoms with van der Waals surface area (Å²) in [6.45, 7) is 2.29. The van der Waals surface area contributed by atoms with Gasteiger partial charge >= 0.3 is 0 Å². The molecule has 0 N–H and O–H groups in total. The van der Waals surface area contributed by atoms with E-state index in [2.05, 4.69) is 6.92 Å². The van der Waals surface area contributed by atoms with Crippen LogP contribution in [-0.2, 0) is 10.9 Å². The molecule has 0 nitrogen and oxygen atoms in total. The van der Waals surface area contributed by atoms with Crippen LogP contribution in [-0.4, -0.2) is 17.3 Å². The van der Waals surface area contributed by atoms with Crippen LogP contribution in [0, 0.1) is 0 Å². The van der Waals surface area contributed by atoms with Crippen molar-refractivity contribution in [2.45, 2.75) is 13.3 Å². The van der Waals surface area contributed by atoms with Crippen molar-refractivity contribution in [2.24, 2.45) is 0 Å². The fourth-order valence-corrected chi connectivity index (χ4v) is 1.91. The molecule has 1 aliphatic rings. The molecule has 0 aromatic carbocycles. The van der Waals surface area contributed by atoms with Gasteiger partial charge in [-0.3, -0.25) is 0 Å². The first-order valence-electron chi connectivity index (χ1n) is 2.57. The predicted molar refractivity (Wildman–Crippen MR) is 32.3 cm³/mol. The van der Waals surface area contributed by atoms with E-state index in [1.165, 1.54) is 23.7 Å². The smallest absolute Gasteiger partial charge is 0.0198 e. The van der Waals surface area contributed by atoms with Crippen LogP contribution >= 0.6 is 0 Å².